The predicted octanol–water partition coefficient (Wildman–Crippen LogP) is 5.40. The van der Waals surface area contributed by atoms with Crippen LogP contribution in [0.25, 0.3) is 28.1 Å². The third-order valence-corrected chi connectivity index (χ3v) is 4.90. The van der Waals surface area contributed by atoms with Crippen LogP contribution in [0, 0.1) is 6.92 Å². The number of aromatic nitrogens is 2. The van der Waals surface area contributed by atoms with E-state index in [1.54, 1.807) is 4.68 Å². The fraction of sp³-hybridized carbons (Fsp3) is 0.115. The van der Waals surface area contributed by atoms with E-state index in [1.165, 1.54) is 13.8 Å². The Balaban J connectivity index is 1.95. The molecule has 160 valence electrons. The van der Waals surface area contributed by atoms with E-state index in [9.17, 15) is 9.59 Å². The Labute approximate surface area is 186 Å². The predicted molar refractivity (Wildman–Crippen MR) is 125 cm³/mol. The Kier molecular flexibility index (Phi) is 5.85. The summed E-state index contributed by atoms with van der Waals surface area (Å²) in [7, 11) is 0. The molecule has 1 aromatic heterocycles. The molecule has 0 saturated carbocycles. The first-order valence-electron chi connectivity index (χ1n) is 10.2. The molecule has 0 spiro atoms. The van der Waals surface area contributed by atoms with E-state index in [0.29, 0.717) is 22.8 Å². The zero-order valence-corrected chi connectivity index (χ0v) is 18.1. The van der Waals surface area contributed by atoms with E-state index in [1.807, 2.05) is 85.8 Å². The molecular weight excluding hydrogens is 402 g/mol. The summed E-state index contributed by atoms with van der Waals surface area (Å²) in [6.45, 7) is 4.85. The second-order valence-electron chi connectivity index (χ2n) is 7.49. The molecule has 1 amide bonds. The minimum Gasteiger partial charge on any atom is -0.407 e. The lowest BCUT2D eigenvalue weighted by atomic mass is 10.0. The Morgan fingerprint density at radius 1 is 0.844 bits per heavy atom. The van der Waals surface area contributed by atoms with E-state index in [0.717, 1.165) is 22.4 Å². The molecule has 0 radical (unpaired) electrons. The summed E-state index contributed by atoms with van der Waals surface area (Å²) in [6.07, 6.45) is 0. The molecule has 0 bridgehead atoms. The first-order chi connectivity index (χ1) is 15.4. The Morgan fingerprint density at radius 2 is 1.50 bits per heavy atom. The first kappa shape index (κ1) is 21.1. The second kappa shape index (κ2) is 8.89. The van der Waals surface area contributed by atoms with Crippen molar-refractivity contribution in [3.05, 3.63) is 84.4 Å². The van der Waals surface area contributed by atoms with Gasteiger partial charge in [-0.15, -0.1) is 0 Å². The maximum Gasteiger partial charge on any atom is 0.309 e. The number of ether oxygens (including phenoxy) is 1. The number of nitrogens with one attached hydrogen (secondary N) is 1. The monoisotopic (exact) mass is 425 g/mol. The van der Waals surface area contributed by atoms with Crippen LogP contribution in [0.15, 0.2) is 78.9 Å². The van der Waals surface area contributed by atoms with Crippen LogP contribution in [-0.4, -0.2) is 21.7 Å². The number of carbonyl (C=O) groups is 2. The average Bonchev–Trinajstić information content (AvgIpc) is 3.13. The Morgan fingerprint density at radius 3 is 2.09 bits per heavy atom. The summed E-state index contributed by atoms with van der Waals surface area (Å²) in [5.41, 5.74) is 5.68. The summed E-state index contributed by atoms with van der Waals surface area (Å²) >= 11 is 0. The van der Waals surface area contributed by atoms with Gasteiger partial charge < -0.3 is 10.1 Å². The van der Waals surface area contributed by atoms with E-state index in [2.05, 4.69) is 5.32 Å². The normalized spacial score (nSPS) is 10.6. The summed E-state index contributed by atoms with van der Waals surface area (Å²) < 4.78 is 7.36. The van der Waals surface area contributed by atoms with Gasteiger partial charge in [0, 0.05) is 25.1 Å². The lowest BCUT2D eigenvalue weighted by Gasteiger charge is -2.10. The highest BCUT2D eigenvalue weighted by Gasteiger charge is 2.24. The standard InChI is InChI=1S/C26H23N3O3/c1-17-9-15-23(16-10-17)29-26(32-19(3)31)24(25(28-29)21-7-5-4-6-8-21)20-11-13-22(14-12-20)27-18(2)30/h4-16H,1-3H3,(H,27,30). The third-order valence-electron chi connectivity index (χ3n) is 4.90. The van der Waals surface area contributed by atoms with Gasteiger partial charge in [0.25, 0.3) is 0 Å². The van der Waals surface area contributed by atoms with E-state index >= 15 is 0 Å². The number of benzene rings is 3. The van der Waals surface area contributed by atoms with Gasteiger partial charge in [-0.05, 0) is 36.8 Å². The van der Waals surface area contributed by atoms with Gasteiger partial charge in [0.2, 0.25) is 11.8 Å². The Bertz CT molecular complexity index is 1260. The number of esters is 1. The molecule has 4 rings (SSSR count). The molecule has 6 heteroatoms. The second-order valence-corrected chi connectivity index (χ2v) is 7.49. The number of anilines is 1. The fourth-order valence-electron chi connectivity index (χ4n) is 3.48. The molecule has 0 unspecified atom stereocenters. The van der Waals surface area contributed by atoms with Crippen LogP contribution >= 0.6 is 0 Å². The molecular formula is C26H23N3O3. The van der Waals surface area contributed by atoms with E-state index in [-0.39, 0.29) is 5.91 Å². The number of amides is 1. The summed E-state index contributed by atoms with van der Waals surface area (Å²) in [5.74, 6) is -0.239. The molecule has 0 aliphatic rings. The lowest BCUT2D eigenvalue weighted by molar-refractivity contribution is -0.132. The van der Waals surface area contributed by atoms with Gasteiger partial charge in [-0.3, -0.25) is 9.59 Å². The Hall–Kier alpha value is -4.19. The lowest BCUT2D eigenvalue weighted by Crippen LogP contribution is -2.08. The van der Waals surface area contributed by atoms with Crippen LogP contribution in [0.4, 0.5) is 5.69 Å². The van der Waals surface area contributed by atoms with Gasteiger partial charge in [-0.2, -0.15) is 9.78 Å². The van der Waals surface area contributed by atoms with Crippen LogP contribution in [0.3, 0.4) is 0 Å². The van der Waals surface area contributed by atoms with Gasteiger partial charge >= 0.3 is 5.97 Å². The molecule has 1 N–H and O–H groups in total. The number of hydrogen-bond donors (Lipinski definition) is 1. The van der Waals surface area contributed by atoms with Crippen molar-refractivity contribution in [1.82, 2.24) is 9.78 Å². The molecule has 6 nitrogen and oxygen atoms in total. The first-order valence-corrected chi connectivity index (χ1v) is 10.2. The molecule has 0 atom stereocenters. The molecule has 3 aromatic carbocycles. The zero-order chi connectivity index (χ0) is 22.7. The van der Waals surface area contributed by atoms with Gasteiger partial charge in [-0.1, -0.05) is 60.2 Å². The van der Waals surface area contributed by atoms with Crippen LogP contribution in [0.1, 0.15) is 19.4 Å². The highest BCUT2D eigenvalue weighted by atomic mass is 16.5. The van der Waals surface area contributed by atoms with Crippen LogP contribution < -0.4 is 10.1 Å². The summed E-state index contributed by atoms with van der Waals surface area (Å²) in [4.78, 5) is 23.4. The van der Waals surface area contributed by atoms with Crippen molar-refractivity contribution in [2.45, 2.75) is 20.8 Å². The highest BCUT2D eigenvalue weighted by Crippen LogP contribution is 2.41. The van der Waals surface area contributed by atoms with Crippen molar-refractivity contribution >= 4 is 17.6 Å². The smallest absolute Gasteiger partial charge is 0.309 e. The van der Waals surface area contributed by atoms with E-state index < -0.39 is 5.97 Å². The number of rotatable bonds is 5. The minimum absolute atomic E-state index is 0.143. The maximum atomic E-state index is 12.0. The SMILES string of the molecule is CC(=O)Nc1ccc(-c2c(-c3ccccc3)nn(-c3ccc(C)cc3)c2OC(C)=O)cc1. The van der Waals surface area contributed by atoms with Crippen LogP contribution in [0.5, 0.6) is 5.88 Å². The van der Waals surface area contributed by atoms with Crippen molar-refractivity contribution in [2.75, 3.05) is 5.32 Å². The highest BCUT2D eigenvalue weighted by molar-refractivity contribution is 5.90. The number of nitrogens with zero attached hydrogens (tertiary/aromatic N) is 2. The molecule has 1 heterocycles. The summed E-state index contributed by atoms with van der Waals surface area (Å²) in [6, 6.07) is 25.0. The van der Waals surface area contributed by atoms with Crippen molar-refractivity contribution in [3.63, 3.8) is 0 Å². The van der Waals surface area contributed by atoms with Crippen molar-refractivity contribution in [3.8, 4) is 34.0 Å². The molecule has 0 aliphatic carbocycles. The van der Waals surface area contributed by atoms with Crippen LogP contribution in [-0.2, 0) is 9.59 Å². The van der Waals surface area contributed by atoms with Crippen molar-refractivity contribution in [2.24, 2.45) is 0 Å². The van der Waals surface area contributed by atoms with E-state index in [4.69, 9.17) is 9.84 Å². The van der Waals surface area contributed by atoms with Crippen LogP contribution in [0.2, 0.25) is 0 Å². The minimum atomic E-state index is -0.436. The van der Waals surface area contributed by atoms with Gasteiger partial charge in [0.05, 0.1) is 11.3 Å². The average molecular weight is 425 g/mol. The molecule has 0 fully saturated rings. The third kappa shape index (κ3) is 4.44. The van der Waals surface area contributed by atoms with Crippen molar-refractivity contribution < 1.29 is 14.3 Å². The fourth-order valence-corrected chi connectivity index (χ4v) is 3.48. The largest absolute Gasteiger partial charge is 0.407 e. The number of aryl methyl sites for hydroxylation is 1. The molecule has 0 aliphatic heterocycles. The van der Waals surface area contributed by atoms with Gasteiger partial charge in [-0.25, -0.2) is 0 Å². The number of hydrogen-bond acceptors (Lipinski definition) is 4. The summed E-state index contributed by atoms with van der Waals surface area (Å²) in [5, 5.41) is 7.62. The zero-order valence-electron chi connectivity index (χ0n) is 18.1. The number of carbonyl (C=O) groups excluding carboxylic acids is 2. The van der Waals surface area contributed by atoms with Gasteiger partial charge in [0.15, 0.2) is 0 Å². The quantitative estimate of drug-likeness (QED) is 0.435. The van der Waals surface area contributed by atoms with Crippen molar-refractivity contribution in [1.29, 1.82) is 0 Å². The van der Waals surface area contributed by atoms with Gasteiger partial charge in [0.1, 0.15) is 5.69 Å². The maximum absolute atomic E-state index is 12.0. The molecule has 0 saturated heterocycles. The molecule has 4 aromatic rings. The molecule has 32 heavy (non-hydrogen) atoms. The topological polar surface area (TPSA) is 73.2 Å².